The van der Waals surface area contributed by atoms with Gasteiger partial charge >= 0.3 is 0 Å². The smallest absolute Gasteiger partial charge is 0.189 e. The number of halogens is 1. The molecule has 4 N–H and O–H groups in total. The van der Waals surface area contributed by atoms with Crippen molar-refractivity contribution in [2.24, 2.45) is 10.7 Å². The Hall–Kier alpha value is -1.65. The van der Waals surface area contributed by atoms with Crippen LogP contribution in [0.4, 0.5) is 15.9 Å². The predicted molar refractivity (Wildman–Crippen MR) is 40.9 cm³/mol. The highest BCUT2D eigenvalue weighted by Gasteiger charge is 1.99. The molecule has 4 nitrogen and oxygen atoms in total. The lowest BCUT2D eigenvalue weighted by atomic mass is 10.4. The van der Waals surface area contributed by atoms with Crippen molar-refractivity contribution in [2.75, 3.05) is 5.73 Å². The van der Waals surface area contributed by atoms with Crippen LogP contribution in [0.1, 0.15) is 0 Å². The van der Waals surface area contributed by atoms with Crippen molar-refractivity contribution in [3.8, 4) is 0 Å². The van der Waals surface area contributed by atoms with Crippen LogP contribution in [0, 0.1) is 5.82 Å². The van der Waals surface area contributed by atoms with Gasteiger partial charge in [0.05, 0.1) is 18.2 Å². The van der Waals surface area contributed by atoms with E-state index >= 15 is 0 Å². The van der Waals surface area contributed by atoms with Crippen LogP contribution in [0.25, 0.3) is 0 Å². The maximum absolute atomic E-state index is 12.7. The third-order valence-electron chi connectivity index (χ3n) is 1.04. The molecule has 11 heavy (non-hydrogen) atoms. The molecule has 5 heteroatoms. The zero-order valence-electron chi connectivity index (χ0n) is 5.66. The molecule has 0 saturated carbocycles. The molecule has 58 valence electrons. The Labute approximate surface area is 62.8 Å². The highest BCUT2D eigenvalue weighted by molar-refractivity contribution is 5.57. The number of nitrogens with two attached hydrogens (primary N) is 2. The number of aromatic nitrogens is 1. The van der Waals surface area contributed by atoms with Gasteiger partial charge in [-0.2, -0.15) is 0 Å². The number of pyridine rings is 1. The number of nitrogens with zero attached hydrogens (tertiary/aromatic N) is 2. The van der Waals surface area contributed by atoms with Gasteiger partial charge in [0, 0.05) is 6.07 Å². The molecule has 0 spiro atoms. The maximum atomic E-state index is 12.7. The Balaban J connectivity index is 3.09. The molecule has 0 bridgehead atoms. The fourth-order valence-corrected chi connectivity index (χ4v) is 0.611. The van der Waals surface area contributed by atoms with E-state index < -0.39 is 5.82 Å². The van der Waals surface area contributed by atoms with E-state index in [2.05, 4.69) is 9.98 Å². The van der Waals surface area contributed by atoms with Crippen LogP contribution in [0.5, 0.6) is 0 Å². The van der Waals surface area contributed by atoms with E-state index in [4.69, 9.17) is 11.5 Å². The van der Waals surface area contributed by atoms with Crippen LogP contribution in [-0.2, 0) is 0 Å². The fraction of sp³-hybridized carbons (Fsp3) is 0. The molecule has 0 radical (unpaired) electrons. The van der Waals surface area contributed by atoms with Gasteiger partial charge in [0.15, 0.2) is 11.6 Å². The standard InChI is InChI=1S/C6H7FN4/c7-5-1-4(9)2-10-6(5)11-3-8/h1-3H,9H2,(H2,8,10,11). The molecule has 0 aliphatic heterocycles. The largest absolute Gasteiger partial charge is 0.397 e. The first kappa shape index (κ1) is 7.46. The Morgan fingerprint density at radius 1 is 1.64 bits per heavy atom. The summed E-state index contributed by atoms with van der Waals surface area (Å²) in [5.74, 6) is -0.631. The van der Waals surface area contributed by atoms with Crippen LogP contribution >= 0.6 is 0 Å². The van der Waals surface area contributed by atoms with Gasteiger partial charge in [-0.05, 0) is 0 Å². The summed E-state index contributed by atoms with van der Waals surface area (Å²) in [4.78, 5) is 7.05. The first-order valence-electron chi connectivity index (χ1n) is 2.89. The molecule has 0 atom stereocenters. The molecule has 0 fully saturated rings. The van der Waals surface area contributed by atoms with Crippen molar-refractivity contribution < 1.29 is 4.39 Å². The van der Waals surface area contributed by atoms with E-state index in [1.54, 1.807) is 0 Å². The highest BCUT2D eigenvalue weighted by Crippen LogP contribution is 2.14. The van der Waals surface area contributed by atoms with Gasteiger partial charge < -0.3 is 11.5 Å². The molecule has 1 rings (SSSR count). The molecule has 0 aromatic carbocycles. The van der Waals surface area contributed by atoms with Gasteiger partial charge in [0.1, 0.15) is 0 Å². The average Bonchev–Trinajstić information content (AvgIpc) is 1.95. The molecular weight excluding hydrogens is 147 g/mol. The Morgan fingerprint density at radius 2 is 2.36 bits per heavy atom. The van der Waals surface area contributed by atoms with Crippen LogP contribution in [0.15, 0.2) is 17.3 Å². The lowest BCUT2D eigenvalue weighted by molar-refractivity contribution is 0.625. The summed E-state index contributed by atoms with van der Waals surface area (Å²) in [5, 5.41) is 0. The third-order valence-corrected chi connectivity index (χ3v) is 1.04. The third kappa shape index (κ3) is 1.64. The number of nitrogen functional groups attached to an aromatic ring is 1. The lowest BCUT2D eigenvalue weighted by Crippen LogP contribution is -1.92. The summed E-state index contributed by atoms with van der Waals surface area (Å²) >= 11 is 0. The molecule has 0 aliphatic carbocycles. The molecule has 1 heterocycles. The van der Waals surface area contributed by atoms with Crippen molar-refractivity contribution in [3.63, 3.8) is 0 Å². The monoisotopic (exact) mass is 154 g/mol. The lowest BCUT2D eigenvalue weighted by Gasteiger charge is -1.95. The first-order chi connectivity index (χ1) is 5.24. The molecule has 0 saturated heterocycles. The van der Waals surface area contributed by atoms with E-state index in [1.165, 1.54) is 6.20 Å². The van der Waals surface area contributed by atoms with Crippen molar-refractivity contribution >= 4 is 17.8 Å². The van der Waals surface area contributed by atoms with E-state index in [0.717, 1.165) is 12.4 Å². The van der Waals surface area contributed by atoms with Crippen molar-refractivity contribution in [2.45, 2.75) is 0 Å². The SMILES string of the molecule is N/C=N/c1ncc(N)cc1F. The summed E-state index contributed by atoms with van der Waals surface area (Å²) in [7, 11) is 0. The van der Waals surface area contributed by atoms with Gasteiger partial charge in [-0.15, -0.1) is 0 Å². The summed E-state index contributed by atoms with van der Waals surface area (Å²) in [6, 6.07) is 1.13. The molecular formula is C6H7FN4. The summed E-state index contributed by atoms with van der Waals surface area (Å²) in [5.41, 5.74) is 10.4. The maximum Gasteiger partial charge on any atom is 0.189 e. The molecule has 0 unspecified atom stereocenters. The van der Waals surface area contributed by atoms with Crippen molar-refractivity contribution in [1.29, 1.82) is 0 Å². The molecule has 0 aliphatic rings. The predicted octanol–water partition coefficient (Wildman–Crippen LogP) is 0.421. The zero-order valence-corrected chi connectivity index (χ0v) is 5.66. The van der Waals surface area contributed by atoms with E-state index in [1.807, 2.05) is 0 Å². The molecule has 1 aromatic rings. The van der Waals surface area contributed by atoms with Crippen molar-refractivity contribution in [3.05, 3.63) is 18.1 Å². The second-order valence-electron chi connectivity index (χ2n) is 1.85. The first-order valence-corrected chi connectivity index (χ1v) is 2.89. The second-order valence-corrected chi connectivity index (χ2v) is 1.85. The average molecular weight is 154 g/mol. The minimum Gasteiger partial charge on any atom is -0.397 e. The quantitative estimate of drug-likeness (QED) is 0.454. The van der Waals surface area contributed by atoms with Gasteiger partial charge in [0.2, 0.25) is 0 Å². The number of hydrogen-bond donors (Lipinski definition) is 2. The van der Waals surface area contributed by atoms with Gasteiger partial charge in [-0.3, -0.25) is 0 Å². The Bertz CT molecular complexity index is 284. The number of rotatable bonds is 1. The Kier molecular flexibility index (Phi) is 2.00. The van der Waals surface area contributed by atoms with E-state index in [-0.39, 0.29) is 11.5 Å². The summed E-state index contributed by atoms with van der Waals surface area (Å²) < 4.78 is 12.7. The Morgan fingerprint density at radius 3 is 2.91 bits per heavy atom. The fourth-order valence-electron chi connectivity index (χ4n) is 0.611. The van der Waals surface area contributed by atoms with E-state index in [9.17, 15) is 4.39 Å². The van der Waals surface area contributed by atoms with Gasteiger partial charge in [-0.1, -0.05) is 0 Å². The van der Waals surface area contributed by atoms with Gasteiger partial charge in [0.25, 0.3) is 0 Å². The molecule has 0 amide bonds. The normalized spacial score (nSPS) is 10.6. The van der Waals surface area contributed by atoms with Crippen molar-refractivity contribution in [1.82, 2.24) is 4.98 Å². The van der Waals surface area contributed by atoms with Gasteiger partial charge in [-0.25, -0.2) is 14.4 Å². The second kappa shape index (κ2) is 2.96. The molecule has 1 aromatic heterocycles. The number of hydrogen-bond acceptors (Lipinski definition) is 3. The number of anilines is 1. The van der Waals surface area contributed by atoms with Crippen LogP contribution in [0.3, 0.4) is 0 Å². The topological polar surface area (TPSA) is 77.3 Å². The summed E-state index contributed by atoms with van der Waals surface area (Å²) in [6.45, 7) is 0. The highest BCUT2D eigenvalue weighted by atomic mass is 19.1. The zero-order chi connectivity index (χ0) is 8.27. The summed E-state index contributed by atoms with van der Waals surface area (Å²) in [6.07, 6.45) is 2.28. The van der Waals surface area contributed by atoms with Crippen LogP contribution in [0.2, 0.25) is 0 Å². The minimum atomic E-state index is -0.577. The number of aliphatic imine (C=N–C) groups is 1. The van der Waals surface area contributed by atoms with Crippen LogP contribution < -0.4 is 11.5 Å². The van der Waals surface area contributed by atoms with E-state index in [0.29, 0.717) is 0 Å². The van der Waals surface area contributed by atoms with Crippen LogP contribution in [-0.4, -0.2) is 11.3 Å². The minimum absolute atomic E-state index is 0.0540.